The fourth-order valence-electron chi connectivity index (χ4n) is 4.68. The van der Waals surface area contributed by atoms with Gasteiger partial charge >= 0.3 is 11.9 Å². The Bertz CT molecular complexity index is 1520. The first-order valence-electron chi connectivity index (χ1n) is 13.6. The molecular formula is C33H34ClNO6. The van der Waals surface area contributed by atoms with Crippen molar-refractivity contribution in [3.8, 4) is 11.5 Å². The molecule has 0 bridgehead atoms. The van der Waals surface area contributed by atoms with Crippen LogP contribution in [-0.4, -0.2) is 39.9 Å². The van der Waals surface area contributed by atoms with Crippen LogP contribution in [0.15, 0.2) is 66.9 Å². The number of halogens is 1. The molecule has 0 spiro atoms. The third-order valence-corrected chi connectivity index (χ3v) is 7.18. The van der Waals surface area contributed by atoms with Crippen LogP contribution in [0.25, 0.3) is 23.1 Å². The van der Waals surface area contributed by atoms with Crippen molar-refractivity contribution in [1.29, 1.82) is 0 Å². The molecule has 4 rings (SSSR count). The van der Waals surface area contributed by atoms with Gasteiger partial charge in [0.2, 0.25) is 0 Å². The number of aliphatic carboxylic acids is 2. The molecule has 0 saturated heterocycles. The Morgan fingerprint density at radius 2 is 1.61 bits per heavy atom. The first-order chi connectivity index (χ1) is 19.8. The number of benzene rings is 3. The maximum absolute atomic E-state index is 11.5. The number of carboxylic acid groups (broad SMARTS) is 2. The van der Waals surface area contributed by atoms with Crippen LogP contribution in [-0.2, 0) is 22.6 Å². The van der Waals surface area contributed by atoms with Crippen LogP contribution in [0.1, 0.15) is 47.9 Å². The van der Waals surface area contributed by atoms with Crippen LogP contribution in [0.3, 0.4) is 0 Å². The molecule has 214 valence electrons. The van der Waals surface area contributed by atoms with Gasteiger partial charge in [-0.2, -0.15) is 0 Å². The predicted octanol–water partition coefficient (Wildman–Crippen LogP) is 7.50. The van der Waals surface area contributed by atoms with E-state index in [9.17, 15) is 14.7 Å². The first kappa shape index (κ1) is 29.7. The van der Waals surface area contributed by atoms with Crippen LogP contribution in [0, 0.1) is 6.92 Å². The van der Waals surface area contributed by atoms with Crippen LogP contribution >= 0.6 is 11.6 Å². The SMILES string of the molecule is Cc1c(Cl)cccc1OCCCCOc1ccc(/C=C/c2cccc3c(CCCC(=O)O)cn(CC(=O)O)c23)cc1. The number of fused-ring (bicyclic) bond motifs is 1. The molecule has 0 fully saturated rings. The summed E-state index contributed by atoms with van der Waals surface area (Å²) >= 11 is 6.14. The molecule has 2 N–H and O–H groups in total. The number of para-hydroxylation sites is 1. The highest BCUT2D eigenvalue weighted by Crippen LogP contribution is 2.28. The summed E-state index contributed by atoms with van der Waals surface area (Å²) in [7, 11) is 0. The lowest BCUT2D eigenvalue weighted by molar-refractivity contribution is -0.138. The average Bonchev–Trinajstić information content (AvgIpc) is 3.29. The van der Waals surface area contributed by atoms with Crippen molar-refractivity contribution in [2.24, 2.45) is 0 Å². The van der Waals surface area contributed by atoms with E-state index in [-0.39, 0.29) is 13.0 Å². The minimum absolute atomic E-state index is 0.0724. The van der Waals surface area contributed by atoms with E-state index < -0.39 is 11.9 Å². The van der Waals surface area contributed by atoms with Crippen molar-refractivity contribution in [2.75, 3.05) is 13.2 Å². The second-order valence-corrected chi connectivity index (χ2v) is 10.2. The van der Waals surface area contributed by atoms with Gasteiger partial charge in [-0.25, -0.2) is 0 Å². The number of hydrogen-bond donors (Lipinski definition) is 2. The molecule has 3 aromatic carbocycles. The lowest BCUT2D eigenvalue weighted by Gasteiger charge is -2.10. The molecule has 0 amide bonds. The largest absolute Gasteiger partial charge is 0.494 e. The summed E-state index contributed by atoms with van der Waals surface area (Å²) in [6.45, 7) is 2.96. The molecule has 0 saturated carbocycles. The smallest absolute Gasteiger partial charge is 0.323 e. The number of nitrogens with zero attached hydrogens (tertiary/aromatic N) is 1. The number of aryl methyl sites for hydroxylation is 1. The lowest BCUT2D eigenvalue weighted by atomic mass is 10.0. The van der Waals surface area contributed by atoms with Gasteiger partial charge in [0.05, 0.1) is 18.7 Å². The minimum atomic E-state index is -0.933. The minimum Gasteiger partial charge on any atom is -0.494 e. The van der Waals surface area contributed by atoms with Crippen molar-refractivity contribution < 1.29 is 29.3 Å². The number of ether oxygens (including phenoxy) is 2. The maximum atomic E-state index is 11.5. The average molecular weight is 576 g/mol. The number of carbonyl (C=O) groups is 2. The highest BCUT2D eigenvalue weighted by atomic mass is 35.5. The van der Waals surface area contributed by atoms with Gasteiger partial charge in [-0.05, 0) is 73.6 Å². The molecule has 8 heteroatoms. The fraction of sp³-hybridized carbons (Fsp3) is 0.273. The van der Waals surface area contributed by atoms with Crippen molar-refractivity contribution in [3.05, 3.63) is 94.1 Å². The Morgan fingerprint density at radius 3 is 2.34 bits per heavy atom. The third kappa shape index (κ3) is 8.38. The van der Waals surface area contributed by atoms with E-state index in [0.29, 0.717) is 31.1 Å². The molecule has 7 nitrogen and oxygen atoms in total. The van der Waals surface area contributed by atoms with E-state index in [1.807, 2.05) is 85.9 Å². The Labute approximate surface area is 244 Å². The Kier molecular flexibility index (Phi) is 10.5. The highest BCUT2D eigenvalue weighted by molar-refractivity contribution is 6.31. The number of hydrogen-bond acceptors (Lipinski definition) is 4. The van der Waals surface area contributed by atoms with E-state index in [1.165, 1.54) is 0 Å². The van der Waals surface area contributed by atoms with Gasteiger partial charge in [-0.3, -0.25) is 9.59 Å². The normalized spacial score (nSPS) is 11.3. The zero-order chi connectivity index (χ0) is 29.2. The van der Waals surface area contributed by atoms with Gasteiger partial charge in [0.1, 0.15) is 18.0 Å². The highest BCUT2D eigenvalue weighted by Gasteiger charge is 2.13. The molecule has 0 aliphatic heterocycles. The van der Waals surface area contributed by atoms with Crippen molar-refractivity contribution >= 4 is 46.6 Å². The molecule has 41 heavy (non-hydrogen) atoms. The third-order valence-electron chi connectivity index (χ3n) is 6.77. The van der Waals surface area contributed by atoms with Crippen molar-refractivity contribution in [1.82, 2.24) is 4.57 Å². The number of rotatable bonds is 15. The predicted molar refractivity (Wildman–Crippen MR) is 162 cm³/mol. The van der Waals surface area contributed by atoms with E-state index in [4.69, 9.17) is 26.2 Å². The van der Waals surface area contributed by atoms with E-state index in [1.54, 1.807) is 4.57 Å². The number of carboxylic acids is 2. The molecule has 4 aromatic rings. The van der Waals surface area contributed by atoms with Crippen molar-refractivity contribution in [3.63, 3.8) is 0 Å². The zero-order valence-corrected chi connectivity index (χ0v) is 23.8. The maximum Gasteiger partial charge on any atom is 0.323 e. The summed E-state index contributed by atoms with van der Waals surface area (Å²) in [6.07, 6.45) is 8.64. The van der Waals surface area contributed by atoms with E-state index in [2.05, 4.69) is 0 Å². The van der Waals surface area contributed by atoms with Crippen molar-refractivity contribution in [2.45, 2.75) is 45.6 Å². The van der Waals surface area contributed by atoms with Gasteiger partial charge in [0.25, 0.3) is 0 Å². The lowest BCUT2D eigenvalue weighted by Crippen LogP contribution is -2.07. The molecule has 0 atom stereocenters. The van der Waals surface area contributed by atoms with E-state index >= 15 is 0 Å². The van der Waals surface area contributed by atoms with Crippen LogP contribution in [0.5, 0.6) is 11.5 Å². The topological polar surface area (TPSA) is 98.0 Å². The zero-order valence-electron chi connectivity index (χ0n) is 23.0. The summed E-state index contributed by atoms with van der Waals surface area (Å²) in [6, 6.07) is 19.3. The Hall–Kier alpha value is -4.23. The Balaban J connectivity index is 1.34. The van der Waals surface area contributed by atoms with Gasteiger partial charge in [-0.1, -0.05) is 60.2 Å². The van der Waals surface area contributed by atoms with Gasteiger partial charge < -0.3 is 24.3 Å². The summed E-state index contributed by atoms with van der Waals surface area (Å²) in [5.74, 6) is -0.173. The molecule has 0 aliphatic rings. The monoisotopic (exact) mass is 575 g/mol. The number of aromatic nitrogens is 1. The first-order valence-corrected chi connectivity index (χ1v) is 14.0. The molecule has 0 unspecified atom stereocenters. The summed E-state index contributed by atoms with van der Waals surface area (Å²) < 4.78 is 13.4. The second kappa shape index (κ2) is 14.4. The van der Waals surface area contributed by atoms with Gasteiger partial charge in [0, 0.05) is 28.6 Å². The molecule has 0 aliphatic carbocycles. The Morgan fingerprint density at radius 1 is 0.878 bits per heavy atom. The van der Waals surface area contributed by atoms with Crippen LogP contribution < -0.4 is 9.47 Å². The van der Waals surface area contributed by atoms with E-state index in [0.717, 1.165) is 57.5 Å². The standard InChI is InChI=1S/C33H34ClNO6/c1-23-29(34)10-6-11-30(23)41-20-3-2-19-40-27-17-14-24(15-18-27)13-16-25-7-4-9-28-26(8-5-12-31(36)37)21-35(33(25)28)22-32(38)39/h4,6-7,9-11,13-18,21H,2-3,5,8,12,19-20,22H2,1H3,(H,36,37)(H,38,39)/b16-13+. The quantitative estimate of drug-likeness (QED) is 0.112. The molecule has 1 heterocycles. The van der Waals surface area contributed by atoms with Gasteiger partial charge in [0.15, 0.2) is 0 Å². The molecule has 1 aromatic heterocycles. The summed E-state index contributed by atoms with van der Waals surface area (Å²) in [5.41, 5.74) is 4.60. The molecular weight excluding hydrogens is 542 g/mol. The molecule has 0 radical (unpaired) electrons. The van der Waals surface area contributed by atoms with Gasteiger partial charge in [-0.15, -0.1) is 0 Å². The fourth-order valence-corrected chi connectivity index (χ4v) is 4.84. The summed E-state index contributed by atoms with van der Waals surface area (Å²) in [4.78, 5) is 22.5. The number of unbranched alkanes of at least 4 members (excludes halogenated alkanes) is 1. The summed E-state index contributed by atoms with van der Waals surface area (Å²) in [5, 5.41) is 20.1. The van der Waals surface area contributed by atoms with Crippen LogP contribution in [0.2, 0.25) is 5.02 Å². The van der Waals surface area contributed by atoms with Crippen LogP contribution in [0.4, 0.5) is 0 Å². The second-order valence-electron chi connectivity index (χ2n) is 9.84.